The zero-order valence-corrected chi connectivity index (χ0v) is 13.0. The molecule has 0 atom stereocenters. The van der Waals surface area contributed by atoms with Crippen LogP contribution in [0.5, 0.6) is 0 Å². The van der Waals surface area contributed by atoms with Crippen molar-refractivity contribution in [3.8, 4) is 0 Å². The van der Waals surface area contributed by atoms with Crippen molar-refractivity contribution in [1.82, 2.24) is 5.32 Å². The first kappa shape index (κ1) is 16.5. The van der Waals surface area contributed by atoms with Gasteiger partial charge in [-0.15, -0.1) is 0 Å². The van der Waals surface area contributed by atoms with Crippen LogP contribution in [0.25, 0.3) is 0 Å². The Morgan fingerprint density at radius 1 is 1.18 bits per heavy atom. The van der Waals surface area contributed by atoms with E-state index in [-0.39, 0.29) is 5.91 Å². The van der Waals surface area contributed by atoms with E-state index < -0.39 is 5.97 Å². The Kier molecular flexibility index (Phi) is 6.44. The van der Waals surface area contributed by atoms with Gasteiger partial charge >= 0.3 is 5.97 Å². The van der Waals surface area contributed by atoms with Gasteiger partial charge in [-0.1, -0.05) is 44.2 Å². The minimum atomic E-state index is -0.918. The van der Waals surface area contributed by atoms with Crippen LogP contribution in [0.3, 0.4) is 0 Å². The van der Waals surface area contributed by atoms with Crippen LogP contribution >= 0.6 is 0 Å². The second-order valence-electron chi connectivity index (χ2n) is 6.15. The molecule has 4 nitrogen and oxygen atoms in total. The Morgan fingerprint density at radius 3 is 2.68 bits per heavy atom. The zero-order valence-electron chi connectivity index (χ0n) is 13.0. The van der Waals surface area contributed by atoms with E-state index in [2.05, 4.69) is 5.32 Å². The van der Waals surface area contributed by atoms with Gasteiger partial charge in [0.15, 0.2) is 0 Å². The molecular formula is C18H25NO3. The maximum Gasteiger partial charge on any atom is 0.335 e. The third kappa shape index (κ3) is 5.51. The molecule has 2 N–H and O–H groups in total. The Labute approximate surface area is 131 Å². The average Bonchev–Trinajstić information content (AvgIpc) is 2.54. The molecule has 0 heterocycles. The molecule has 1 aliphatic carbocycles. The van der Waals surface area contributed by atoms with Gasteiger partial charge in [0.1, 0.15) is 0 Å². The lowest BCUT2D eigenvalue weighted by atomic mass is 9.86. The van der Waals surface area contributed by atoms with Crippen LogP contribution in [-0.2, 0) is 11.2 Å². The lowest BCUT2D eigenvalue weighted by Crippen LogP contribution is -2.26. The summed E-state index contributed by atoms with van der Waals surface area (Å²) in [5, 5.41) is 11.9. The molecule has 0 aliphatic heterocycles. The molecule has 0 spiro atoms. The molecule has 120 valence electrons. The van der Waals surface area contributed by atoms with Crippen LogP contribution in [0, 0.1) is 5.92 Å². The number of carboxylic acid groups (broad SMARTS) is 1. The van der Waals surface area contributed by atoms with Gasteiger partial charge in [-0.05, 0) is 36.5 Å². The van der Waals surface area contributed by atoms with E-state index in [0.717, 1.165) is 17.9 Å². The maximum atomic E-state index is 11.8. The first-order valence-corrected chi connectivity index (χ1v) is 8.24. The monoisotopic (exact) mass is 303 g/mol. The summed E-state index contributed by atoms with van der Waals surface area (Å²) in [6, 6.07) is 6.87. The topological polar surface area (TPSA) is 66.4 Å². The van der Waals surface area contributed by atoms with E-state index in [0.29, 0.717) is 24.9 Å². The summed E-state index contributed by atoms with van der Waals surface area (Å²) in [6.07, 6.45) is 8.79. The van der Waals surface area contributed by atoms with Gasteiger partial charge in [0.05, 0.1) is 5.56 Å². The van der Waals surface area contributed by atoms with Crippen LogP contribution in [0.1, 0.15) is 60.9 Å². The van der Waals surface area contributed by atoms with Crippen LogP contribution in [0.2, 0.25) is 0 Å². The minimum absolute atomic E-state index is 0.111. The Hall–Kier alpha value is -1.84. The van der Waals surface area contributed by atoms with Crippen molar-refractivity contribution < 1.29 is 14.7 Å². The number of benzene rings is 1. The number of hydrogen-bond donors (Lipinski definition) is 2. The second-order valence-corrected chi connectivity index (χ2v) is 6.15. The fourth-order valence-electron chi connectivity index (χ4n) is 3.11. The van der Waals surface area contributed by atoms with Crippen molar-refractivity contribution in [1.29, 1.82) is 0 Å². The van der Waals surface area contributed by atoms with Crippen molar-refractivity contribution in [3.05, 3.63) is 35.4 Å². The van der Waals surface area contributed by atoms with Gasteiger partial charge in [-0.2, -0.15) is 0 Å². The molecule has 2 rings (SSSR count). The summed E-state index contributed by atoms with van der Waals surface area (Å²) in [5.74, 6) is -0.0786. The third-order valence-electron chi connectivity index (χ3n) is 4.41. The smallest absolute Gasteiger partial charge is 0.335 e. The number of carbonyl (C=O) groups excluding carboxylic acids is 1. The highest BCUT2D eigenvalue weighted by molar-refractivity contribution is 5.87. The quantitative estimate of drug-likeness (QED) is 0.811. The fraction of sp³-hybridized carbons (Fsp3) is 0.556. The number of carboxylic acids is 1. The van der Waals surface area contributed by atoms with Crippen LogP contribution < -0.4 is 5.32 Å². The SMILES string of the molecule is O=C(CCC1CCCCC1)NCCc1cccc(C(=O)O)c1. The number of nitrogens with one attached hydrogen (secondary N) is 1. The van der Waals surface area contributed by atoms with Crippen LogP contribution in [0.15, 0.2) is 24.3 Å². The van der Waals surface area contributed by atoms with Gasteiger partial charge in [-0.3, -0.25) is 4.79 Å². The summed E-state index contributed by atoms with van der Waals surface area (Å²) in [5.41, 5.74) is 1.23. The van der Waals surface area contributed by atoms with Gasteiger partial charge in [-0.25, -0.2) is 4.79 Å². The third-order valence-corrected chi connectivity index (χ3v) is 4.41. The van der Waals surface area contributed by atoms with E-state index >= 15 is 0 Å². The second kappa shape index (κ2) is 8.57. The Morgan fingerprint density at radius 2 is 1.95 bits per heavy atom. The Balaban J connectivity index is 1.66. The first-order chi connectivity index (χ1) is 10.6. The van der Waals surface area contributed by atoms with Crippen molar-refractivity contribution >= 4 is 11.9 Å². The lowest BCUT2D eigenvalue weighted by Gasteiger charge is -2.20. The molecular weight excluding hydrogens is 278 g/mol. The first-order valence-electron chi connectivity index (χ1n) is 8.24. The summed E-state index contributed by atoms with van der Waals surface area (Å²) in [7, 11) is 0. The number of aromatic carboxylic acids is 1. The number of rotatable bonds is 7. The van der Waals surface area contributed by atoms with E-state index in [9.17, 15) is 9.59 Å². The molecule has 1 amide bonds. The molecule has 4 heteroatoms. The number of hydrogen-bond acceptors (Lipinski definition) is 2. The lowest BCUT2D eigenvalue weighted by molar-refractivity contribution is -0.121. The summed E-state index contributed by atoms with van der Waals surface area (Å²) < 4.78 is 0. The molecule has 1 saturated carbocycles. The number of amides is 1. The van der Waals surface area contributed by atoms with Crippen LogP contribution in [0.4, 0.5) is 0 Å². The summed E-state index contributed by atoms with van der Waals surface area (Å²) >= 11 is 0. The van der Waals surface area contributed by atoms with Crippen LogP contribution in [-0.4, -0.2) is 23.5 Å². The van der Waals surface area contributed by atoms with E-state index in [1.165, 1.54) is 32.1 Å². The van der Waals surface area contributed by atoms with E-state index in [1.54, 1.807) is 18.2 Å². The van der Waals surface area contributed by atoms with E-state index in [1.807, 2.05) is 6.07 Å². The predicted octanol–water partition coefficient (Wildman–Crippen LogP) is 3.40. The molecule has 0 saturated heterocycles. The van der Waals surface area contributed by atoms with Gasteiger partial charge in [0.25, 0.3) is 0 Å². The molecule has 22 heavy (non-hydrogen) atoms. The largest absolute Gasteiger partial charge is 0.478 e. The van der Waals surface area contributed by atoms with Gasteiger partial charge < -0.3 is 10.4 Å². The van der Waals surface area contributed by atoms with Crippen molar-refractivity contribution in [3.63, 3.8) is 0 Å². The highest BCUT2D eigenvalue weighted by Gasteiger charge is 2.14. The highest BCUT2D eigenvalue weighted by Crippen LogP contribution is 2.27. The summed E-state index contributed by atoms with van der Waals surface area (Å²) in [4.78, 5) is 22.7. The van der Waals surface area contributed by atoms with Crippen molar-refractivity contribution in [2.24, 2.45) is 5.92 Å². The fourth-order valence-corrected chi connectivity index (χ4v) is 3.11. The minimum Gasteiger partial charge on any atom is -0.478 e. The maximum absolute atomic E-state index is 11.8. The number of carbonyl (C=O) groups is 2. The zero-order chi connectivity index (χ0) is 15.8. The van der Waals surface area contributed by atoms with Crippen molar-refractivity contribution in [2.75, 3.05) is 6.54 Å². The summed E-state index contributed by atoms with van der Waals surface area (Å²) in [6.45, 7) is 0.562. The van der Waals surface area contributed by atoms with Crippen molar-refractivity contribution in [2.45, 2.75) is 51.4 Å². The van der Waals surface area contributed by atoms with E-state index in [4.69, 9.17) is 5.11 Å². The highest BCUT2D eigenvalue weighted by atomic mass is 16.4. The average molecular weight is 303 g/mol. The Bertz CT molecular complexity index is 507. The predicted molar refractivity (Wildman–Crippen MR) is 85.9 cm³/mol. The molecule has 0 unspecified atom stereocenters. The molecule has 0 bridgehead atoms. The van der Waals surface area contributed by atoms with Gasteiger partial charge in [0, 0.05) is 13.0 Å². The van der Waals surface area contributed by atoms with Gasteiger partial charge in [0.2, 0.25) is 5.91 Å². The normalized spacial score (nSPS) is 15.5. The molecule has 1 aromatic carbocycles. The molecule has 1 fully saturated rings. The molecule has 1 aromatic rings. The standard InChI is InChI=1S/C18H25NO3/c20-17(10-9-14-5-2-1-3-6-14)19-12-11-15-7-4-8-16(13-15)18(21)22/h4,7-8,13-14H,1-3,5-6,9-12H2,(H,19,20)(H,21,22). The molecule has 0 aromatic heterocycles. The molecule has 1 aliphatic rings. The molecule has 0 radical (unpaired) electrons.